The number of rotatable bonds is 5. The first-order valence-corrected chi connectivity index (χ1v) is 9.93. The number of carbonyl (C=O) groups excluding carboxylic acids is 1. The van der Waals surface area contributed by atoms with E-state index in [0.717, 1.165) is 49.7 Å². The zero-order valence-electron chi connectivity index (χ0n) is 15.4. The first-order valence-electron chi connectivity index (χ1n) is 9.11. The van der Waals surface area contributed by atoms with Gasteiger partial charge in [0.25, 0.3) is 0 Å². The van der Waals surface area contributed by atoms with Gasteiger partial charge in [-0.05, 0) is 66.8 Å². The van der Waals surface area contributed by atoms with Crippen molar-refractivity contribution >= 4 is 29.6 Å². The average Bonchev–Trinajstić information content (AvgIpc) is 3.11. The number of carbonyl (C=O) groups is 1. The van der Waals surface area contributed by atoms with Gasteiger partial charge in [0.2, 0.25) is 5.90 Å². The molecular weight excluding hydrogens is 348 g/mol. The smallest absolute Gasteiger partial charge is 0.329 e. The van der Waals surface area contributed by atoms with Gasteiger partial charge in [0, 0.05) is 24.9 Å². The van der Waals surface area contributed by atoms with Gasteiger partial charge in [-0.3, -0.25) is 9.71 Å². The largest absolute Gasteiger partial charge is 0.477 e. The maximum absolute atomic E-state index is 12.5. The fourth-order valence-corrected chi connectivity index (χ4v) is 4.08. The van der Waals surface area contributed by atoms with Crippen LogP contribution in [0, 0.1) is 6.92 Å². The van der Waals surface area contributed by atoms with E-state index in [1.54, 1.807) is 0 Å². The number of benzene rings is 1. The van der Waals surface area contributed by atoms with E-state index in [4.69, 9.17) is 10.5 Å². The second-order valence-electron chi connectivity index (χ2n) is 6.47. The molecular formula is C19H26N4O2S. The van der Waals surface area contributed by atoms with Crippen LogP contribution >= 0.6 is 11.9 Å². The number of nitrogens with one attached hydrogen (secondary N) is 2. The van der Waals surface area contributed by atoms with Gasteiger partial charge in [0.05, 0.1) is 6.61 Å². The van der Waals surface area contributed by atoms with Gasteiger partial charge in [-0.25, -0.2) is 4.79 Å². The molecule has 140 valence electrons. The van der Waals surface area contributed by atoms with E-state index < -0.39 is 0 Å². The number of amides is 2. The quantitative estimate of drug-likeness (QED) is 0.689. The van der Waals surface area contributed by atoms with Crippen molar-refractivity contribution in [3.05, 3.63) is 39.4 Å². The summed E-state index contributed by atoms with van der Waals surface area (Å²) in [5, 5.41) is 3.07. The van der Waals surface area contributed by atoms with Gasteiger partial charge in [-0.1, -0.05) is 13.0 Å². The van der Waals surface area contributed by atoms with E-state index in [-0.39, 0.29) is 6.03 Å². The fourth-order valence-electron chi connectivity index (χ4n) is 3.54. The number of aryl methyl sites for hydroxylation is 2. The van der Waals surface area contributed by atoms with E-state index in [1.807, 2.05) is 0 Å². The third kappa shape index (κ3) is 3.98. The normalized spacial score (nSPS) is 16.5. The highest BCUT2D eigenvalue weighted by Crippen LogP contribution is 2.34. The minimum atomic E-state index is -0.264. The monoisotopic (exact) mass is 374 g/mol. The molecule has 0 aromatic heterocycles. The molecule has 1 aromatic carbocycles. The lowest BCUT2D eigenvalue weighted by Gasteiger charge is -2.19. The molecule has 6 nitrogen and oxygen atoms in total. The van der Waals surface area contributed by atoms with E-state index in [2.05, 4.69) is 34.9 Å². The summed E-state index contributed by atoms with van der Waals surface area (Å²) in [4.78, 5) is 17.4. The number of hydrogen-bond donors (Lipinski definition) is 3. The second-order valence-corrected chi connectivity index (χ2v) is 7.32. The minimum absolute atomic E-state index is 0.264. The predicted molar refractivity (Wildman–Crippen MR) is 107 cm³/mol. The summed E-state index contributed by atoms with van der Waals surface area (Å²) < 4.78 is 8.30. The molecule has 0 fully saturated rings. The van der Waals surface area contributed by atoms with Crippen LogP contribution in [0.25, 0.3) is 0 Å². The lowest BCUT2D eigenvalue weighted by Crippen LogP contribution is -2.26. The molecule has 2 aliphatic rings. The van der Waals surface area contributed by atoms with Crippen molar-refractivity contribution in [3.8, 4) is 0 Å². The molecule has 0 saturated heterocycles. The summed E-state index contributed by atoms with van der Waals surface area (Å²) in [5.74, 6) is 0.495. The zero-order valence-corrected chi connectivity index (χ0v) is 16.2. The maximum atomic E-state index is 12.5. The molecule has 0 bridgehead atoms. The number of fused-ring (bicyclic) bond motifs is 1. The lowest BCUT2D eigenvalue weighted by molar-refractivity contribution is 0.257. The first-order chi connectivity index (χ1) is 12.6. The number of aliphatic imine (C=N–C) groups is 1. The van der Waals surface area contributed by atoms with Crippen molar-refractivity contribution in [2.24, 2.45) is 10.7 Å². The SMILES string of the molecule is CCc1c(C)cc2c(c1NC(=O)NS/C(=C/N)C1=NCCCO1)CCC2. The average molecular weight is 375 g/mol. The molecule has 4 N–H and O–H groups in total. The molecule has 7 heteroatoms. The summed E-state index contributed by atoms with van der Waals surface area (Å²) >= 11 is 1.12. The number of nitrogens with two attached hydrogens (primary N) is 1. The van der Waals surface area contributed by atoms with E-state index in [9.17, 15) is 4.79 Å². The highest BCUT2D eigenvalue weighted by Gasteiger charge is 2.21. The molecule has 1 aliphatic heterocycles. The van der Waals surface area contributed by atoms with Crippen molar-refractivity contribution in [2.45, 2.75) is 46.0 Å². The minimum Gasteiger partial charge on any atom is -0.477 e. The molecule has 1 aromatic rings. The summed E-state index contributed by atoms with van der Waals surface area (Å²) in [5.41, 5.74) is 11.7. The summed E-state index contributed by atoms with van der Waals surface area (Å²) in [6.07, 6.45) is 6.45. The molecule has 26 heavy (non-hydrogen) atoms. The maximum Gasteiger partial charge on any atom is 0.329 e. The van der Waals surface area contributed by atoms with Crippen LogP contribution in [-0.4, -0.2) is 25.1 Å². The van der Waals surface area contributed by atoms with Crippen LogP contribution in [0.3, 0.4) is 0 Å². The molecule has 0 radical (unpaired) electrons. The van der Waals surface area contributed by atoms with Crippen LogP contribution in [0.15, 0.2) is 22.2 Å². The zero-order chi connectivity index (χ0) is 18.5. The summed E-state index contributed by atoms with van der Waals surface area (Å²) in [6, 6.07) is 2.01. The highest BCUT2D eigenvalue weighted by molar-refractivity contribution is 8.02. The number of nitrogens with zero attached hydrogens (tertiary/aromatic N) is 1. The topological polar surface area (TPSA) is 88.7 Å². The van der Waals surface area contributed by atoms with Gasteiger partial charge in [-0.2, -0.15) is 0 Å². The van der Waals surface area contributed by atoms with Crippen LogP contribution in [0.5, 0.6) is 0 Å². The van der Waals surface area contributed by atoms with Crippen LogP contribution in [-0.2, 0) is 24.0 Å². The third-order valence-electron chi connectivity index (χ3n) is 4.74. The second kappa shape index (κ2) is 8.49. The molecule has 0 spiro atoms. The van der Waals surface area contributed by atoms with Crippen molar-refractivity contribution in [2.75, 3.05) is 18.5 Å². The molecule has 0 atom stereocenters. The fraction of sp³-hybridized carbons (Fsp3) is 0.474. The Labute approximate surface area is 158 Å². The predicted octanol–water partition coefficient (Wildman–Crippen LogP) is 3.43. The van der Waals surface area contributed by atoms with Gasteiger partial charge in [-0.15, -0.1) is 0 Å². The molecule has 1 aliphatic carbocycles. The molecule has 1 heterocycles. The Bertz CT molecular complexity index is 755. The Morgan fingerprint density at radius 2 is 2.27 bits per heavy atom. The van der Waals surface area contributed by atoms with Gasteiger partial charge >= 0.3 is 6.03 Å². The van der Waals surface area contributed by atoms with Crippen LogP contribution in [0.2, 0.25) is 0 Å². The van der Waals surface area contributed by atoms with Crippen molar-refractivity contribution in [1.29, 1.82) is 0 Å². The van der Waals surface area contributed by atoms with Crippen molar-refractivity contribution in [3.63, 3.8) is 0 Å². The number of urea groups is 1. The van der Waals surface area contributed by atoms with E-state index in [0.29, 0.717) is 24.0 Å². The highest BCUT2D eigenvalue weighted by atomic mass is 32.2. The van der Waals surface area contributed by atoms with Gasteiger partial charge in [0.15, 0.2) is 0 Å². The number of hydrogen-bond acceptors (Lipinski definition) is 5. The Kier molecular flexibility index (Phi) is 6.08. The van der Waals surface area contributed by atoms with Crippen LogP contribution in [0.4, 0.5) is 10.5 Å². The van der Waals surface area contributed by atoms with Gasteiger partial charge < -0.3 is 15.8 Å². The standard InChI is InChI=1S/C19H26N4O2S/c1-3-14-12(2)10-13-6-4-7-15(13)17(14)22-19(24)23-26-16(11-20)18-21-8-5-9-25-18/h10-11H,3-9,20H2,1-2H3,(H2,22,23,24)/b16-11+. The molecule has 2 amide bonds. The number of anilines is 1. The Hall–Kier alpha value is -2.15. The molecule has 0 unspecified atom stereocenters. The van der Waals surface area contributed by atoms with Crippen LogP contribution in [0.1, 0.15) is 42.0 Å². The Morgan fingerprint density at radius 1 is 1.42 bits per heavy atom. The van der Waals surface area contributed by atoms with E-state index in [1.165, 1.54) is 28.5 Å². The molecule has 3 rings (SSSR count). The summed E-state index contributed by atoms with van der Waals surface area (Å²) in [6.45, 7) is 5.57. The molecule has 0 saturated carbocycles. The van der Waals surface area contributed by atoms with Crippen molar-refractivity contribution in [1.82, 2.24) is 4.72 Å². The Morgan fingerprint density at radius 3 is 2.96 bits per heavy atom. The number of ether oxygens (including phenoxy) is 1. The third-order valence-corrected chi connectivity index (χ3v) is 5.55. The van der Waals surface area contributed by atoms with E-state index >= 15 is 0 Å². The van der Waals surface area contributed by atoms with Crippen molar-refractivity contribution < 1.29 is 9.53 Å². The van der Waals surface area contributed by atoms with Gasteiger partial charge in [0.1, 0.15) is 4.91 Å². The first kappa shape index (κ1) is 18.6. The lowest BCUT2D eigenvalue weighted by atomic mass is 9.96. The summed E-state index contributed by atoms with van der Waals surface area (Å²) in [7, 11) is 0. The van der Waals surface area contributed by atoms with Crippen LogP contribution < -0.4 is 15.8 Å². The Balaban J connectivity index is 1.70.